The maximum Gasteiger partial charge on any atom is 0.246 e. The molecule has 0 aliphatic carbocycles. The van der Waals surface area contributed by atoms with Crippen molar-refractivity contribution < 1.29 is 19.0 Å². The first-order valence-electron chi connectivity index (χ1n) is 10.6. The fourth-order valence-electron chi connectivity index (χ4n) is 5.04. The highest BCUT2D eigenvalue weighted by atomic mass is 16.6. The zero-order valence-electron chi connectivity index (χ0n) is 17.1. The molecule has 0 radical (unpaired) electrons. The van der Waals surface area contributed by atoms with Crippen molar-refractivity contribution in [2.24, 2.45) is 0 Å². The summed E-state index contributed by atoms with van der Waals surface area (Å²) in [5, 5.41) is 0. The third-order valence-corrected chi connectivity index (χ3v) is 6.75. The first kappa shape index (κ1) is 18.0. The number of fused-ring (bicyclic) bond motifs is 5. The van der Waals surface area contributed by atoms with Crippen LogP contribution in [-0.4, -0.2) is 75.4 Å². The van der Waals surface area contributed by atoms with Crippen molar-refractivity contribution in [3.05, 3.63) is 47.5 Å². The van der Waals surface area contributed by atoms with Gasteiger partial charge in [-0.1, -0.05) is 18.2 Å². The number of carbonyl (C=O) groups excluding carboxylic acids is 1. The van der Waals surface area contributed by atoms with E-state index in [2.05, 4.69) is 22.9 Å². The number of likely N-dealkylation sites (N-methyl/N-ethyl adjacent to an activating group) is 1. The Morgan fingerprint density at radius 1 is 0.900 bits per heavy atom. The van der Waals surface area contributed by atoms with Crippen LogP contribution in [0.5, 0.6) is 17.2 Å². The molecule has 1 amide bonds. The summed E-state index contributed by atoms with van der Waals surface area (Å²) >= 11 is 0. The summed E-state index contributed by atoms with van der Waals surface area (Å²) in [6.45, 7) is 5.90. The van der Waals surface area contributed by atoms with Gasteiger partial charge in [0.15, 0.2) is 11.5 Å². The molecule has 7 heteroatoms. The van der Waals surface area contributed by atoms with Gasteiger partial charge < -0.3 is 19.1 Å². The smallest absolute Gasteiger partial charge is 0.246 e. The molecule has 1 unspecified atom stereocenters. The minimum Gasteiger partial charge on any atom is -0.491 e. The number of nitrogens with zero attached hydrogens (tertiary/aromatic N) is 3. The average molecular weight is 407 g/mol. The van der Waals surface area contributed by atoms with Crippen LogP contribution in [0.15, 0.2) is 36.4 Å². The quantitative estimate of drug-likeness (QED) is 0.755. The first-order chi connectivity index (χ1) is 14.7. The molecule has 7 nitrogen and oxygen atoms in total. The van der Waals surface area contributed by atoms with Crippen LogP contribution in [0.1, 0.15) is 11.1 Å². The lowest BCUT2D eigenvalue weighted by Gasteiger charge is -2.35. The van der Waals surface area contributed by atoms with Gasteiger partial charge in [0.1, 0.15) is 31.0 Å². The average Bonchev–Trinajstić information content (AvgIpc) is 3.26. The van der Waals surface area contributed by atoms with Gasteiger partial charge in [-0.3, -0.25) is 14.6 Å². The maximum absolute atomic E-state index is 14.0. The molecule has 0 bridgehead atoms. The highest BCUT2D eigenvalue weighted by Gasteiger charge is 2.57. The lowest BCUT2D eigenvalue weighted by molar-refractivity contribution is -0.122. The molecule has 30 heavy (non-hydrogen) atoms. The van der Waals surface area contributed by atoms with Crippen molar-refractivity contribution in [2.45, 2.75) is 5.41 Å². The van der Waals surface area contributed by atoms with Crippen LogP contribution < -0.4 is 19.1 Å². The summed E-state index contributed by atoms with van der Waals surface area (Å²) in [7, 11) is 2.14. The van der Waals surface area contributed by atoms with Crippen LogP contribution in [0.2, 0.25) is 0 Å². The van der Waals surface area contributed by atoms with Crippen molar-refractivity contribution in [1.82, 2.24) is 9.80 Å². The number of anilines is 1. The number of para-hydroxylation sites is 1. The molecule has 4 aliphatic rings. The number of hydrogen-bond donors (Lipinski definition) is 0. The Morgan fingerprint density at radius 2 is 1.63 bits per heavy atom. The number of amides is 1. The van der Waals surface area contributed by atoms with Gasteiger partial charge in [-0.2, -0.15) is 0 Å². The minimum atomic E-state index is -0.825. The van der Waals surface area contributed by atoms with E-state index in [4.69, 9.17) is 14.2 Å². The normalized spacial score (nSPS) is 25.4. The lowest BCUT2D eigenvalue weighted by atomic mass is 9.77. The maximum atomic E-state index is 14.0. The summed E-state index contributed by atoms with van der Waals surface area (Å²) in [6, 6.07) is 11.9. The lowest BCUT2D eigenvalue weighted by Crippen LogP contribution is -2.51. The molecule has 1 fully saturated rings. The largest absolute Gasteiger partial charge is 0.491 e. The number of carbonyl (C=O) groups is 1. The number of rotatable bonds is 2. The Labute approximate surface area is 175 Å². The Hall–Kier alpha value is -2.77. The van der Waals surface area contributed by atoms with E-state index in [0.29, 0.717) is 43.7 Å². The van der Waals surface area contributed by atoms with Crippen LogP contribution in [0, 0.1) is 0 Å². The van der Waals surface area contributed by atoms with Gasteiger partial charge in [-0.05, 0) is 24.7 Å². The molecule has 1 spiro atoms. The van der Waals surface area contributed by atoms with E-state index in [1.165, 1.54) is 0 Å². The topological polar surface area (TPSA) is 54.5 Å². The monoisotopic (exact) mass is 407 g/mol. The summed E-state index contributed by atoms with van der Waals surface area (Å²) in [5.41, 5.74) is 2.05. The molecule has 0 saturated carbocycles. The SMILES string of the molecule is CN1CCN(CN2C(=O)C3(COc4cc5c(cc43)OCCO5)c3ccccc32)CC1. The third-order valence-electron chi connectivity index (χ3n) is 6.75. The van der Waals surface area contributed by atoms with E-state index in [0.717, 1.165) is 43.0 Å². The van der Waals surface area contributed by atoms with Crippen molar-refractivity contribution >= 4 is 11.6 Å². The summed E-state index contributed by atoms with van der Waals surface area (Å²) in [6.07, 6.45) is 0. The summed E-state index contributed by atoms with van der Waals surface area (Å²) in [4.78, 5) is 20.6. The number of benzene rings is 2. The zero-order valence-corrected chi connectivity index (χ0v) is 17.1. The van der Waals surface area contributed by atoms with Gasteiger partial charge in [-0.15, -0.1) is 0 Å². The van der Waals surface area contributed by atoms with Gasteiger partial charge in [0.05, 0.1) is 6.67 Å². The first-order valence-corrected chi connectivity index (χ1v) is 10.6. The summed E-state index contributed by atoms with van der Waals surface area (Å²) in [5.74, 6) is 2.17. The van der Waals surface area contributed by atoms with Gasteiger partial charge in [0.2, 0.25) is 5.91 Å². The highest BCUT2D eigenvalue weighted by Crippen LogP contribution is 2.54. The molecule has 2 aromatic rings. The van der Waals surface area contributed by atoms with E-state index in [1.54, 1.807) is 0 Å². The Kier molecular flexibility index (Phi) is 3.98. The second-order valence-electron chi connectivity index (χ2n) is 8.50. The van der Waals surface area contributed by atoms with Crippen LogP contribution in [0.3, 0.4) is 0 Å². The molecule has 2 aromatic carbocycles. The highest BCUT2D eigenvalue weighted by molar-refractivity contribution is 6.11. The van der Waals surface area contributed by atoms with Crippen LogP contribution in [-0.2, 0) is 10.2 Å². The number of piperazine rings is 1. The van der Waals surface area contributed by atoms with Gasteiger partial charge >= 0.3 is 0 Å². The Morgan fingerprint density at radius 3 is 2.43 bits per heavy atom. The van der Waals surface area contributed by atoms with Gasteiger partial charge in [0, 0.05) is 43.5 Å². The van der Waals surface area contributed by atoms with E-state index < -0.39 is 5.41 Å². The van der Waals surface area contributed by atoms with Gasteiger partial charge in [0.25, 0.3) is 0 Å². The van der Waals surface area contributed by atoms with Crippen molar-refractivity contribution in [1.29, 1.82) is 0 Å². The second kappa shape index (κ2) is 6.62. The van der Waals surface area contributed by atoms with Crippen LogP contribution in [0.4, 0.5) is 5.69 Å². The molecule has 0 aromatic heterocycles. The molecule has 4 heterocycles. The second-order valence-corrected chi connectivity index (χ2v) is 8.50. The molecule has 156 valence electrons. The predicted molar refractivity (Wildman–Crippen MR) is 112 cm³/mol. The van der Waals surface area contributed by atoms with Crippen LogP contribution in [0.25, 0.3) is 0 Å². The van der Waals surface area contributed by atoms with Gasteiger partial charge in [-0.25, -0.2) is 0 Å². The molecule has 4 aliphatic heterocycles. The fourth-order valence-corrected chi connectivity index (χ4v) is 5.04. The fraction of sp³-hybridized carbons (Fsp3) is 0.435. The van der Waals surface area contributed by atoms with E-state index in [9.17, 15) is 4.79 Å². The molecule has 1 atom stereocenters. The Bertz CT molecular complexity index is 1020. The molecule has 0 N–H and O–H groups in total. The predicted octanol–water partition coefficient (Wildman–Crippen LogP) is 1.69. The summed E-state index contributed by atoms with van der Waals surface area (Å²) < 4.78 is 17.6. The number of hydrogen-bond acceptors (Lipinski definition) is 6. The molecular weight excluding hydrogens is 382 g/mol. The Balaban J connectivity index is 1.42. The minimum absolute atomic E-state index is 0.0815. The van der Waals surface area contributed by atoms with Crippen molar-refractivity contribution in [3.8, 4) is 17.2 Å². The van der Waals surface area contributed by atoms with E-state index >= 15 is 0 Å². The third kappa shape index (κ3) is 2.48. The van der Waals surface area contributed by atoms with E-state index in [1.807, 2.05) is 35.2 Å². The van der Waals surface area contributed by atoms with Crippen molar-refractivity contribution in [2.75, 3.05) is 64.6 Å². The number of ether oxygens (including phenoxy) is 3. The molecular formula is C23H25N3O4. The zero-order chi connectivity index (χ0) is 20.3. The van der Waals surface area contributed by atoms with E-state index in [-0.39, 0.29) is 5.91 Å². The van der Waals surface area contributed by atoms with Crippen LogP contribution >= 0.6 is 0 Å². The molecule has 6 rings (SSSR count). The standard InChI is InChI=1S/C23H25N3O4/c1-24-6-8-25(9-7-24)15-26-18-5-3-2-4-16(18)23(22(26)27)14-30-19-13-21-20(12-17(19)23)28-10-11-29-21/h2-5,12-13H,6-11,14-15H2,1H3. The van der Waals surface area contributed by atoms with Crippen molar-refractivity contribution in [3.63, 3.8) is 0 Å². The molecule has 1 saturated heterocycles.